The van der Waals surface area contributed by atoms with Crippen molar-refractivity contribution >= 4 is 10.2 Å². The molecule has 2 rings (SSSR count). The highest BCUT2D eigenvalue weighted by molar-refractivity contribution is 6.16. The first-order valence-corrected chi connectivity index (χ1v) is 6.94. The van der Waals surface area contributed by atoms with Crippen molar-refractivity contribution in [2.24, 2.45) is 0 Å². The Kier molecular flexibility index (Phi) is 4.16. The number of hydrogen-bond donors (Lipinski definition) is 0. The van der Waals surface area contributed by atoms with Crippen LogP contribution in [0, 0.1) is 0 Å². The topological polar surface area (TPSA) is 9.23 Å². The molecule has 0 bridgehead atoms. The lowest BCUT2D eigenvalue weighted by atomic mass is 10.0. The highest BCUT2D eigenvalue weighted by Gasteiger charge is 2.12. The lowest BCUT2D eigenvalue weighted by Gasteiger charge is -2.17. The van der Waals surface area contributed by atoms with Crippen LogP contribution >= 0.6 is 0 Å². The van der Waals surface area contributed by atoms with Gasteiger partial charge in [0.2, 0.25) is 0 Å². The quantitative estimate of drug-likeness (QED) is 0.590. The highest BCUT2D eigenvalue weighted by Crippen LogP contribution is 2.25. The van der Waals surface area contributed by atoms with E-state index >= 15 is 0 Å². The molecule has 86 valence electrons. The summed E-state index contributed by atoms with van der Waals surface area (Å²) in [6, 6.07) is 20.6. The van der Waals surface area contributed by atoms with E-state index in [0.717, 1.165) is 10.2 Å². The molecule has 0 saturated heterocycles. The molecule has 0 spiro atoms. The van der Waals surface area contributed by atoms with Crippen LogP contribution in [-0.4, -0.2) is 10.2 Å². The molecule has 0 amide bonds. The zero-order chi connectivity index (χ0) is 11.9. The molecule has 2 heteroatoms. The summed E-state index contributed by atoms with van der Waals surface area (Å²) in [5.41, 5.74) is 4.40. The zero-order valence-electron chi connectivity index (χ0n) is 9.91. The van der Waals surface area contributed by atoms with Crippen LogP contribution in [0.25, 0.3) is 0 Å². The molecule has 0 aliphatic rings. The standard InChI is InChI=1S/C15H16OSi/c17-12-11-16-15(13-7-3-1-4-8-13)14-9-5-2-6-10-14/h1-12,15H,17H3. The number of benzene rings is 2. The van der Waals surface area contributed by atoms with Gasteiger partial charge in [-0.3, -0.25) is 0 Å². The van der Waals surface area contributed by atoms with Crippen molar-refractivity contribution in [1.82, 2.24) is 0 Å². The third kappa shape index (κ3) is 3.08. The van der Waals surface area contributed by atoms with Crippen molar-refractivity contribution in [2.75, 3.05) is 0 Å². The van der Waals surface area contributed by atoms with Gasteiger partial charge in [-0.25, -0.2) is 0 Å². The minimum absolute atomic E-state index is 0.0115. The van der Waals surface area contributed by atoms with E-state index in [1.54, 1.807) is 6.26 Å². The molecular weight excluding hydrogens is 224 g/mol. The van der Waals surface area contributed by atoms with Crippen LogP contribution in [0.5, 0.6) is 0 Å². The second-order valence-electron chi connectivity index (χ2n) is 3.81. The van der Waals surface area contributed by atoms with E-state index in [1.807, 2.05) is 42.1 Å². The Labute approximate surface area is 105 Å². The molecule has 0 aliphatic heterocycles. The molecule has 0 N–H and O–H groups in total. The Morgan fingerprint density at radius 2 is 1.29 bits per heavy atom. The molecule has 0 unspecified atom stereocenters. The summed E-state index contributed by atoms with van der Waals surface area (Å²) < 4.78 is 5.82. The van der Waals surface area contributed by atoms with E-state index in [4.69, 9.17) is 4.74 Å². The molecule has 1 nitrogen and oxygen atoms in total. The molecule has 0 heterocycles. The van der Waals surface area contributed by atoms with Crippen molar-refractivity contribution in [3.05, 3.63) is 83.8 Å². The summed E-state index contributed by atoms with van der Waals surface area (Å²) in [7, 11) is 1.01. The maximum atomic E-state index is 5.82. The van der Waals surface area contributed by atoms with Crippen molar-refractivity contribution in [3.63, 3.8) is 0 Å². The Morgan fingerprint density at radius 3 is 1.71 bits per heavy atom. The molecule has 2 aromatic rings. The summed E-state index contributed by atoms with van der Waals surface area (Å²) in [5, 5.41) is 0. The molecule has 0 atom stereocenters. The summed E-state index contributed by atoms with van der Waals surface area (Å²) in [4.78, 5) is 0. The van der Waals surface area contributed by atoms with Crippen LogP contribution in [-0.2, 0) is 4.74 Å². The second-order valence-corrected chi connectivity index (χ2v) is 4.47. The first-order chi connectivity index (χ1) is 8.42. The molecular formula is C15H16OSi. The predicted molar refractivity (Wildman–Crippen MR) is 74.9 cm³/mol. The van der Waals surface area contributed by atoms with Crippen molar-refractivity contribution in [1.29, 1.82) is 0 Å². The van der Waals surface area contributed by atoms with Gasteiger partial charge in [0, 0.05) is 10.2 Å². The monoisotopic (exact) mass is 240 g/mol. The smallest absolute Gasteiger partial charge is 0.148 e. The fourth-order valence-corrected chi connectivity index (χ4v) is 1.92. The molecule has 0 radical (unpaired) electrons. The van der Waals surface area contributed by atoms with Gasteiger partial charge in [0.25, 0.3) is 0 Å². The van der Waals surface area contributed by atoms with E-state index in [0.29, 0.717) is 0 Å². The Balaban J connectivity index is 2.32. The third-order valence-corrected chi connectivity index (χ3v) is 2.83. The maximum absolute atomic E-state index is 5.82. The van der Waals surface area contributed by atoms with E-state index in [9.17, 15) is 0 Å². The van der Waals surface area contributed by atoms with Gasteiger partial charge in [0.1, 0.15) is 6.10 Å². The van der Waals surface area contributed by atoms with Gasteiger partial charge < -0.3 is 4.74 Å². The second kappa shape index (κ2) is 6.06. The van der Waals surface area contributed by atoms with Gasteiger partial charge in [0.05, 0.1) is 6.26 Å². The molecule has 0 fully saturated rings. The van der Waals surface area contributed by atoms with Crippen LogP contribution in [0.2, 0.25) is 0 Å². The van der Waals surface area contributed by atoms with E-state index in [1.165, 1.54) is 11.1 Å². The van der Waals surface area contributed by atoms with E-state index in [-0.39, 0.29) is 6.10 Å². The van der Waals surface area contributed by atoms with Crippen LogP contribution in [0.4, 0.5) is 0 Å². The fraction of sp³-hybridized carbons (Fsp3) is 0.0667. The van der Waals surface area contributed by atoms with Crippen LogP contribution in [0.3, 0.4) is 0 Å². The summed E-state index contributed by atoms with van der Waals surface area (Å²) in [6.07, 6.45) is 1.79. The Hall–Kier alpha value is -1.80. The predicted octanol–water partition coefficient (Wildman–Crippen LogP) is 2.63. The summed E-state index contributed by atoms with van der Waals surface area (Å²) >= 11 is 0. The minimum Gasteiger partial charge on any atom is -0.489 e. The molecule has 0 saturated carbocycles. The lowest BCUT2D eigenvalue weighted by Crippen LogP contribution is -2.02. The van der Waals surface area contributed by atoms with E-state index in [2.05, 4.69) is 24.3 Å². The average Bonchev–Trinajstić information content (AvgIpc) is 2.42. The van der Waals surface area contributed by atoms with Gasteiger partial charge in [-0.1, -0.05) is 66.4 Å². The summed E-state index contributed by atoms with van der Waals surface area (Å²) in [5.74, 6) is 0. The number of ether oxygens (including phenoxy) is 1. The van der Waals surface area contributed by atoms with Gasteiger partial charge in [-0.15, -0.1) is 0 Å². The Bertz CT molecular complexity index is 425. The number of rotatable bonds is 4. The molecule has 17 heavy (non-hydrogen) atoms. The van der Waals surface area contributed by atoms with Gasteiger partial charge >= 0.3 is 0 Å². The summed E-state index contributed by atoms with van der Waals surface area (Å²) in [6.45, 7) is 0. The maximum Gasteiger partial charge on any atom is 0.148 e. The van der Waals surface area contributed by atoms with Crippen LogP contribution in [0.15, 0.2) is 72.6 Å². The molecule has 0 aromatic heterocycles. The van der Waals surface area contributed by atoms with Crippen molar-refractivity contribution in [3.8, 4) is 0 Å². The van der Waals surface area contributed by atoms with E-state index < -0.39 is 0 Å². The van der Waals surface area contributed by atoms with Crippen LogP contribution in [0.1, 0.15) is 17.2 Å². The largest absolute Gasteiger partial charge is 0.489 e. The SMILES string of the molecule is [SiH3]C=COC(c1ccccc1)c1ccccc1. The van der Waals surface area contributed by atoms with Gasteiger partial charge in [-0.2, -0.15) is 0 Å². The Morgan fingerprint density at radius 1 is 0.824 bits per heavy atom. The first kappa shape index (κ1) is 11.7. The first-order valence-electron chi connectivity index (χ1n) is 5.78. The average molecular weight is 240 g/mol. The molecule has 0 aliphatic carbocycles. The normalized spacial score (nSPS) is 11.1. The molecule has 2 aromatic carbocycles. The van der Waals surface area contributed by atoms with Gasteiger partial charge in [0.15, 0.2) is 0 Å². The van der Waals surface area contributed by atoms with Crippen molar-refractivity contribution < 1.29 is 4.74 Å². The van der Waals surface area contributed by atoms with Crippen LogP contribution < -0.4 is 0 Å². The minimum atomic E-state index is -0.0115. The number of hydrogen-bond acceptors (Lipinski definition) is 1. The third-order valence-electron chi connectivity index (χ3n) is 2.56. The fourth-order valence-electron chi connectivity index (χ4n) is 1.76. The van der Waals surface area contributed by atoms with Gasteiger partial charge in [-0.05, 0) is 11.1 Å². The highest BCUT2D eigenvalue weighted by atomic mass is 28.1. The van der Waals surface area contributed by atoms with Crippen molar-refractivity contribution in [2.45, 2.75) is 6.10 Å². The lowest BCUT2D eigenvalue weighted by molar-refractivity contribution is 0.183. The zero-order valence-corrected chi connectivity index (χ0v) is 11.9.